The van der Waals surface area contributed by atoms with Crippen LogP contribution in [-0.4, -0.2) is 73.4 Å². The van der Waals surface area contributed by atoms with Crippen LogP contribution in [0.25, 0.3) is 0 Å². The second kappa shape index (κ2) is 22.4. The zero-order valence-corrected chi connectivity index (χ0v) is 34.9. The number of benzene rings is 4. The molecule has 16 heteroatoms. The fraction of sp³-hybridized carbons (Fsp3) is 0.167. The van der Waals surface area contributed by atoms with Gasteiger partial charge in [0.25, 0.3) is 0 Å². The Morgan fingerprint density at radius 2 is 0.484 bits per heavy atom. The maximum atomic E-state index is 13.3. The van der Waals surface area contributed by atoms with E-state index < -0.39 is 92.3 Å². The van der Waals surface area contributed by atoms with Gasteiger partial charge in [0.05, 0.1) is 26.4 Å². The van der Waals surface area contributed by atoms with Crippen LogP contribution in [-0.2, 0) is 57.3 Å². The Balaban J connectivity index is 0.000000241. The lowest BCUT2D eigenvalue weighted by molar-refractivity contribution is -0.143. The summed E-state index contributed by atoms with van der Waals surface area (Å²) in [5.74, 6) is -10.2. The Hall–Kier alpha value is -8.40. The van der Waals surface area contributed by atoms with Crippen molar-refractivity contribution in [2.45, 2.75) is 27.7 Å². The Morgan fingerprint density at radius 1 is 0.312 bits per heavy atom. The number of carbonyl (C=O) groups excluding carboxylic acids is 8. The van der Waals surface area contributed by atoms with Crippen LogP contribution in [0, 0.1) is 0 Å². The highest BCUT2D eigenvalue weighted by Crippen LogP contribution is 2.33. The summed E-state index contributed by atoms with van der Waals surface area (Å²) in [7, 11) is 0. The lowest BCUT2D eigenvalue weighted by Crippen LogP contribution is -2.36. The van der Waals surface area contributed by atoms with Gasteiger partial charge in [-0.25, -0.2) is 19.2 Å². The van der Waals surface area contributed by atoms with E-state index in [2.05, 4.69) is 0 Å². The number of hydrogen-bond donors (Lipinski definition) is 0. The summed E-state index contributed by atoms with van der Waals surface area (Å²) in [5.41, 5.74) is -2.67. The van der Waals surface area contributed by atoms with Crippen molar-refractivity contribution in [3.05, 3.63) is 167 Å². The molecule has 64 heavy (non-hydrogen) atoms. The second-order valence-corrected chi connectivity index (χ2v) is 12.7. The number of esters is 4. The number of carbonyl (C=O) groups is 8. The van der Waals surface area contributed by atoms with Crippen LogP contribution < -0.4 is 18.9 Å². The molecule has 328 valence electrons. The third kappa shape index (κ3) is 11.1. The smallest absolute Gasteiger partial charge is 0.346 e. The lowest BCUT2D eigenvalue weighted by atomic mass is 9.93. The summed E-state index contributed by atoms with van der Waals surface area (Å²) < 4.78 is 42.2. The van der Waals surface area contributed by atoms with E-state index in [1.807, 2.05) is 0 Å². The Morgan fingerprint density at radius 3 is 0.641 bits per heavy atom. The summed E-state index contributed by atoms with van der Waals surface area (Å²) in [4.78, 5) is 104. The second-order valence-electron chi connectivity index (χ2n) is 12.7. The number of ether oxygens (including phenoxy) is 8. The molecule has 4 aromatic carbocycles. The number of allylic oxidation sites excluding steroid dienone is 4. The van der Waals surface area contributed by atoms with Crippen molar-refractivity contribution in [1.29, 1.82) is 0 Å². The highest BCUT2D eigenvalue weighted by atomic mass is 16.6. The van der Waals surface area contributed by atoms with Crippen molar-refractivity contribution in [1.82, 2.24) is 0 Å². The predicted molar refractivity (Wildman–Crippen MR) is 223 cm³/mol. The first-order chi connectivity index (χ1) is 30.9. The van der Waals surface area contributed by atoms with Gasteiger partial charge in [-0.05, 0) is 76.2 Å². The molecule has 6 rings (SSSR count). The topological polar surface area (TPSA) is 210 Å². The van der Waals surface area contributed by atoms with Gasteiger partial charge >= 0.3 is 23.9 Å². The Kier molecular flexibility index (Phi) is 16.4. The molecule has 0 heterocycles. The van der Waals surface area contributed by atoms with Crippen molar-refractivity contribution in [2.75, 3.05) is 26.4 Å². The molecule has 0 aromatic heterocycles. The fourth-order valence-electron chi connectivity index (χ4n) is 5.69. The summed E-state index contributed by atoms with van der Waals surface area (Å²) in [6, 6.07) is 32.2. The van der Waals surface area contributed by atoms with Crippen molar-refractivity contribution >= 4 is 47.0 Å². The molecular formula is C48H40O16. The maximum absolute atomic E-state index is 13.3. The fourth-order valence-corrected chi connectivity index (χ4v) is 5.69. The molecule has 16 nitrogen and oxygen atoms in total. The molecule has 0 N–H and O–H groups in total. The van der Waals surface area contributed by atoms with Gasteiger partial charge in [0.1, 0.15) is 23.0 Å². The molecule has 4 aromatic rings. The molecule has 0 spiro atoms. The van der Waals surface area contributed by atoms with Crippen LogP contribution in [0.5, 0.6) is 23.0 Å². The molecule has 0 radical (unpaired) electrons. The third-order valence-electron chi connectivity index (χ3n) is 8.41. The summed E-state index contributed by atoms with van der Waals surface area (Å²) >= 11 is 0. The molecular weight excluding hydrogens is 833 g/mol. The monoisotopic (exact) mass is 872 g/mol. The van der Waals surface area contributed by atoms with Crippen molar-refractivity contribution in [3.63, 3.8) is 0 Å². The summed E-state index contributed by atoms with van der Waals surface area (Å²) in [6.45, 7) is 5.99. The number of hydrogen-bond acceptors (Lipinski definition) is 16. The van der Waals surface area contributed by atoms with E-state index in [9.17, 15) is 38.4 Å². The number of ketones is 4. The predicted octanol–water partition coefficient (Wildman–Crippen LogP) is 5.86. The van der Waals surface area contributed by atoms with E-state index >= 15 is 0 Å². The lowest BCUT2D eigenvalue weighted by Gasteiger charge is -2.22. The molecule has 0 fully saturated rings. The Labute approximate surface area is 366 Å². The minimum absolute atomic E-state index is 0.0499. The molecule has 2 aliphatic rings. The van der Waals surface area contributed by atoms with E-state index in [-0.39, 0.29) is 49.4 Å². The molecule has 0 atom stereocenters. The first-order valence-electron chi connectivity index (χ1n) is 19.7. The van der Waals surface area contributed by atoms with Gasteiger partial charge in [-0.2, -0.15) is 0 Å². The quantitative estimate of drug-likeness (QED) is 0.0558. The normalized spacial score (nSPS) is 13.7. The van der Waals surface area contributed by atoms with E-state index in [4.69, 9.17) is 37.9 Å². The van der Waals surface area contributed by atoms with E-state index in [1.165, 1.54) is 48.5 Å². The molecule has 0 saturated heterocycles. The molecule has 0 amide bonds. The van der Waals surface area contributed by atoms with Crippen LogP contribution in [0.1, 0.15) is 27.7 Å². The van der Waals surface area contributed by atoms with Gasteiger partial charge in [0, 0.05) is 0 Å². The molecule has 0 bridgehead atoms. The molecule has 2 aliphatic carbocycles. The van der Waals surface area contributed by atoms with Crippen molar-refractivity contribution in [2.24, 2.45) is 0 Å². The zero-order chi connectivity index (χ0) is 46.2. The van der Waals surface area contributed by atoms with Crippen LogP contribution in [0.3, 0.4) is 0 Å². The Bertz CT molecular complexity index is 2190. The molecule has 0 unspecified atom stereocenters. The minimum Gasteiger partial charge on any atom is -0.462 e. The highest BCUT2D eigenvalue weighted by molar-refractivity contribution is 6.39. The van der Waals surface area contributed by atoms with Gasteiger partial charge in [0.2, 0.25) is 23.1 Å². The van der Waals surface area contributed by atoms with Gasteiger partial charge in [-0.1, -0.05) is 72.8 Å². The third-order valence-corrected chi connectivity index (χ3v) is 8.41. The van der Waals surface area contributed by atoms with Crippen LogP contribution in [0.4, 0.5) is 0 Å². The largest absolute Gasteiger partial charge is 0.462 e. The molecule has 0 saturated carbocycles. The number of Topliss-reactive ketones (excluding diaryl/α,β-unsaturated/α-hetero) is 4. The average Bonchev–Trinajstić information content (AvgIpc) is 3.29. The van der Waals surface area contributed by atoms with Crippen LogP contribution in [0.2, 0.25) is 0 Å². The summed E-state index contributed by atoms with van der Waals surface area (Å²) in [5, 5.41) is 0. The minimum atomic E-state index is -1.08. The van der Waals surface area contributed by atoms with Gasteiger partial charge < -0.3 is 37.9 Å². The standard InChI is InChI=1S/2C24H20O8/c2*1-3-29-23(27)17-19(25)22(32-16-13-9-6-10-14-16)18(24(28)30-4-2)20(26)21(17)31-15-11-7-5-8-12-15/h2*5-14H,3-4H2,1-2H3. The van der Waals surface area contributed by atoms with Gasteiger partial charge in [-0.3, -0.25) is 19.2 Å². The first-order valence-corrected chi connectivity index (χ1v) is 19.7. The average molecular weight is 873 g/mol. The first kappa shape index (κ1) is 46.7. The van der Waals surface area contributed by atoms with Crippen molar-refractivity contribution < 1.29 is 76.3 Å². The maximum Gasteiger partial charge on any atom is 0.346 e. The van der Waals surface area contributed by atoms with Gasteiger partial charge in [-0.15, -0.1) is 0 Å². The number of rotatable bonds is 16. The zero-order valence-electron chi connectivity index (χ0n) is 34.9. The van der Waals surface area contributed by atoms with Crippen molar-refractivity contribution in [3.8, 4) is 23.0 Å². The van der Waals surface area contributed by atoms with Crippen LogP contribution in [0.15, 0.2) is 167 Å². The highest BCUT2D eigenvalue weighted by Gasteiger charge is 2.47. The van der Waals surface area contributed by atoms with Gasteiger partial charge in [0.15, 0.2) is 45.3 Å². The van der Waals surface area contributed by atoms with E-state index in [0.717, 1.165) is 0 Å². The van der Waals surface area contributed by atoms with Crippen LogP contribution >= 0.6 is 0 Å². The van der Waals surface area contributed by atoms with E-state index in [1.54, 1.807) is 100 Å². The SMILES string of the molecule is CCOC(=O)C1=C(Oc2ccccc2)C(=O)C(C(=O)OCC)=C(Oc2ccccc2)C1=O.CCOC(=O)C1=C(Oc2ccccc2)C(=O)C(C(=O)OCC)=C(Oc2ccccc2)C1=O. The summed E-state index contributed by atoms with van der Waals surface area (Å²) in [6.07, 6.45) is 0. The van der Waals surface area contributed by atoms with E-state index in [0.29, 0.717) is 0 Å². The number of para-hydroxylation sites is 4. The molecule has 0 aliphatic heterocycles.